The van der Waals surface area contributed by atoms with Gasteiger partial charge in [-0.05, 0) is 36.3 Å². The molecule has 0 aromatic rings. The van der Waals surface area contributed by atoms with Gasteiger partial charge in [-0.1, -0.05) is 27.7 Å². The SMILES string of the molecule is CC(=O)OC1C(C)C(=O)C23CC(C)C(OC(C)=O)C2(C=C(C)C(O)C(OC(C)=O)C2C1C2(C)C)O3. The summed E-state index contributed by atoms with van der Waals surface area (Å²) in [5.41, 5.74) is -2.53. The Morgan fingerprint density at radius 3 is 2.03 bits per heavy atom. The van der Waals surface area contributed by atoms with Gasteiger partial charge in [0.15, 0.2) is 17.0 Å². The maximum Gasteiger partial charge on any atom is 0.303 e. The van der Waals surface area contributed by atoms with Crippen LogP contribution in [0.3, 0.4) is 0 Å². The van der Waals surface area contributed by atoms with Gasteiger partial charge < -0.3 is 24.1 Å². The Hall–Kier alpha value is -2.26. The third-order valence-electron chi connectivity index (χ3n) is 8.61. The van der Waals surface area contributed by atoms with Crippen LogP contribution in [0.5, 0.6) is 0 Å². The molecule has 1 saturated heterocycles. The van der Waals surface area contributed by atoms with Gasteiger partial charge in [-0.15, -0.1) is 0 Å². The first-order valence-corrected chi connectivity index (χ1v) is 12.2. The van der Waals surface area contributed by atoms with Gasteiger partial charge in [0.2, 0.25) is 0 Å². The number of hydrogen-bond acceptors (Lipinski definition) is 9. The van der Waals surface area contributed by atoms with Crippen LogP contribution >= 0.6 is 0 Å². The van der Waals surface area contributed by atoms with Gasteiger partial charge in [-0.25, -0.2) is 0 Å². The molecule has 9 nitrogen and oxygen atoms in total. The molecule has 194 valence electrons. The first kappa shape index (κ1) is 25.8. The Morgan fingerprint density at radius 1 is 0.971 bits per heavy atom. The minimum Gasteiger partial charge on any atom is -0.461 e. The maximum atomic E-state index is 14.1. The number of fused-ring (bicyclic) bond motifs is 1. The lowest BCUT2D eigenvalue weighted by Crippen LogP contribution is -2.43. The third-order valence-corrected chi connectivity index (χ3v) is 8.61. The zero-order valence-corrected chi connectivity index (χ0v) is 21.6. The van der Waals surface area contributed by atoms with Crippen molar-refractivity contribution in [1.82, 2.24) is 0 Å². The number of epoxide rings is 1. The predicted molar refractivity (Wildman–Crippen MR) is 122 cm³/mol. The number of ether oxygens (including phenoxy) is 4. The predicted octanol–water partition coefficient (Wildman–Crippen LogP) is 2.13. The van der Waals surface area contributed by atoms with Crippen molar-refractivity contribution in [1.29, 1.82) is 0 Å². The van der Waals surface area contributed by atoms with E-state index in [1.54, 1.807) is 19.9 Å². The molecule has 0 bridgehead atoms. The van der Waals surface area contributed by atoms with Crippen LogP contribution in [0.15, 0.2) is 11.6 Å². The molecule has 0 radical (unpaired) electrons. The van der Waals surface area contributed by atoms with Crippen molar-refractivity contribution in [2.75, 3.05) is 0 Å². The Labute approximate surface area is 205 Å². The number of carbonyl (C=O) groups is 4. The number of esters is 3. The second-order valence-corrected chi connectivity index (χ2v) is 11.4. The number of hydrogen-bond donors (Lipinski definition) is 1. The summed E-state index contributed by atoms with van der Waals surface area (Å²) in [6, 6.07) is 0. The van der Waals surface area contributed by atoms with E-state index in [9.17, 15) is 24.3 Å². The van der Waals surface area contributed by atoms with E-state index >= 15 is 0 Å². The summed E-state index contributed by atoms with van der Waals surface area (Å²) in [6.07, 6.45) is -1.65. The smallest absolute Gasteiger partial charge is 0.303 e. The lowest BCUT2D eigenvalue weighted by Gasteiger charge is -2.28. The fourth-order valence-electron chi connectivity index (χ4n) is 7.07. The van der Waals surface area contributed by atoms with Crippen LogP contribution in [0.4, 0.5) is 0 Å². The number of rotatable bonds is 3. The van der Waals surface area contributed by atoms with E-state index < -0.39 is 64.9 Å². The Kier molecular flexibility index (Phi) is 6.00. The highest BCUT2D eigenvalue weighted by Crippen LogP contribution is 2.68. The molecule has 9 heteroatoms. The first-order chi connectivity index (χ1) is 16.1. The molecule has 0 aromatic heterocycles. The average Bonchev–Trinajstić information content (AvgIpc) is 3.52. The van der Waals surface area contributed by atoms with Crippen LogP contribution in [0.2, 0.25) is 0 Å². The van der Waals surface area contributed by atoms with Gasteiger partial charge in [0.25, 0.3) is 0 Å². The maximum absolute atomic E-state index is 14.1. The number of carbonyl (C=O) groups excluding carboxylic acids is 4. The van der Waals surface area contributed by atoms with Crippen LogP contribution in [-0.2, 0) is 38.1 Å². The third kappa shape index (κ3) is 3.73. The van der Waals surface area contributed by atoms with E-state index in [0.717, 1.165) is 0 Å². The molecule has 10 unspecified atom stereocenters. The molecule has 1 heterocycles. The lowest BCUT2D eigenvalue weighted by molar-refractivity contribution is -0.158. The van der Waals surface area contributed by atoms with Crippen molar-refractivity contribution in [2.45, 2.75) is 97.4 Å². The lowest BCUT2D eigenvalue weighted by atomic mass is 9.80. The van der Waals surface area contributed by atoms with Crippen LogP contribution in [0.25, 0.3) is 0 Å². The highest BCUT2D eigenvalue weighted by Gasteiger charge is 2.84. The van der Waals surface area contributed by atoms with Crippen molar-refractivity contribution in [3.05, 3.63) is 11.6 Å². The van der Waals surface area contributed by atoms with Gasteiger partial charge in [0.1, 0.15) is 24.4 Å². The van der Waals surface area contributed by atoms with Crippen molar-refractivity contribution in [3.8, 4) is 0 Å². The molecule has 3 fully saturated rings. The van der Waals surface area contributed by atoms with Gasteiger partial charge in [0.05, 0.1) is 5.92 Å². The molecule has 4 aliphatic rings. The van der Waals surface area contributed by atoms with E-state index in [0.29, 0.717) is 12.0 Å². The Bertz CT molecular complexity index is 999. The monoisotopic (exact) mass is 492 g/mol. The second-order valence-electron chi connectivity index (χ2n) is 11.4. The molecule has 0 aromatic carbocycles. The number of Topliss-reactive ketones (excluding diaryl/α,β-unsaturated/α-hetero) is 1. The Morgan fingerprint density at radius 2 is 1.49 bits per heavy atom. The quantitative estimate of drug-likeness (QED) is 0.273. The van der Waals surface area contributed by atoms with Crippen molar-refractivity contribution in [2.24, 2.45) is 29.1 Å². The van der Waals surface area contributed by atoms with Crippen molar-refractivity contribution >= 4 is 23.7 Å². The summed E-state index contributed by atoms with van der Waals surface area (Å²) in [4.78, 5) is 50.1. The van der Waals surface area contributed by atoms with Gasteiger partial charge in [0, 0.05) is 32.6 Å². The molecule has 3 aliphatic carbocycles. The fourth-order valence-corrected chi connectivity index (χ4v) is 7.07. The standard InChI is InChI=1S/C26H36O9/c1-11-9-26-23(34-16(6)29)12(2)10-25(26,35-26)22(31)13(3)20(32-14(4)27)17-18(24(17,7)8)21(19(11)30)33-15(5)28/h9,12-13,17-21,23,30H,10H2,1-8H3. The van der Waals surface area contributed by atoms with E-state index in [1.165, 1.54) is 20.8 Å². The van der Waals surface area contributed by atoms with Crippen molar-refractivity contribution < 1.29 is 43.2 Å². The van der Waals surface area contributed by atoms with E-state index in [1.807, 2.05) is 20.8 Å². The number of aliphatic hydroxyl groups is 1. The van der Waals surface area contributed by atoms with Gasteiger partial charge in [-0.3, -0.25) is 19.2 Å². The van der Waals surface area contributed by atoms with Crippen LogP contribution in [0.1, 0.15) is 61.8 Å². The molecule has 1 N–H and O–H groups in total. The summed E-state index contributed by atoms with van der Waals surface area (Å²) in [7, 11) is 0. The van der Waals surface area contributed by atoms with Crippen LogP contribution in [0, 0.1) is 29.1 Å². The number of aliphatic hydroxyl groups excluding tert-OH is 1. The second kappa shape index (κ2) is 8.13. The van der Waals surface area contributed by atoms with E-state index in [4.69, 9.17) is 18.9 Å². The summed E-state index contributed by atoms with van der Waals surface area (Å²) >= 11 is 0. The largest absolute Gasteiger partial charge is 0.461 e. The van der Waals surface area contributed by atoms with Gasteiger partial charge >= 0.3 is 17.9 Å². The van der Waals surface area contributed by atoms with Gasteiger partial charge in [-0.2, -0.15) is 0 Å². The molecule has 35 heavy (non-hydrogen) atoms. The molecular weight excluding hydrogens is 456 g/mol. The molecule has 0 spiro atoms. The topological polar surface area (TPSA) is 129 Å². The summed E-state index contributed by atoms with van der Waals surface area (Å²) in [6.45, 7) is 13.1. The normalized spacial score (nSPS) is 45.5. The fraction of sp³-hybridized carbons (Fsp3) is 0.769. The zero-order valence-electron chi connectivity index (χ0n) is 21.6. The summed E-state index contributed by atoms with van der Waals surface area (Å²) in [5.74, 6) is -3.40. The summed E-state index contributed by atoms with van der Waals surface area (Å²) < 4.78 is 23.2. The molecule has 4 rings (SSSR count). The molecular formula is C26H36O9. The highest BCUT2D eigenvalue weighted by molar-refractivity contribution is 5.96. The first-order valence-electron chi connectivity index (χ1n) is 12.2. The minimum absolute atomic E-state index is 0.186. The highest BCUT2D eigenvalue weighted by atomic mass is 16.7. The Balaban J connectivity index is 1.88. The minimum atomic E-state index is -1.26. The van der Waals surface area contributed by atoms with E-state index in [2.05, 4.69) is 0 Å². The molecule has 1 aliphatic heterocycles. The summed E-state index contributed by atoms with van der Waals surface area (Å²) in [5, 5.41) is 11.4. The molecule has 2 saturated carbocycles. The molecule has 0 amide bonds. The zero-order chi connectivity index (χ0) is 26.2. The average molecular weight is 493 g/mol. The molecule has 10 atom stereocenters. The van der Waals surface area contributed by atoms with Crippen molar-refractivity contribution in [3.63, 3.8) is 0 Å². The van der Waals surface area contributed by atoms with E-state index in [-0.39, 0.29) is 23.5 Å². The van der Waals surface area contributed by atoms with Crippen LogP contribution in [-0.4, -0.2) is 64.4 Å². The van der Waals surface area contributed by atoms with Crippen LogP contribution < -0.4 is 0 Å². The number of ketones is 1.